The zero-order valence-electron chi connectivity index (χ0n) is 15.1. The van der Waals surface area contributed by atoms with Crippen molar-refractivity contribution in [1.82, 2.24) is 20.2 Å². The number of pyridine rings is 1. The Labute approximate surface area is 162 Å². The van der Waals surface area contributed by atoms with Crippen LogP contribution in [0.2, 0.25) is 0 Å². The number of nitrogens with zero attached hydrogens (tertiary/aromatic N) is 3. The van der Waals surface area contributed by atoms with Crippen LogP contribution in [-0.4, -0.2) is 31.3 Å². The van der Waals surface area contributed by atoms with Crippen molar-refractivity contribution in [2.24, 2.45) is 0 Å². The summed E-state index contributed by atoms with van der Waals surface area (Å²) in [7, 11) is 0. The summed E-state index contributed by atoms with van der Waals surface area (Å²) < 4.78 is 0. The number of aromatic amines is 1. The molecule has 1 aliphatic rings. The molecule has 0 unspecified atom stereocenters. The summed E-state index contributed by atoms with van der Waals surface area (Å²) in [5.41, 5.74) is 2.26. The lowest BCUT2D eigenvalue weighted by molar-refractivity contribution is 0.102. The predicted molar refractivity (Wildman–Crippen MR) is 107 cm³/mol. The normalized spacial score (nSPS) is 14.4. The lowest BCUT2D eigenvalue weighted by atomic mass is 10.2. The summed E-state index contributed by atoms with van der Waals surface area (Å²) in [5.74, 6) is 1.28. The van der Waals surface area contributed by atoms with Gasteiger partial charge in [-0.25, -0.2) is 9.97 Å². The molecule has 2 N–H and O–H groups in total. The highest BCUT2D eigenvalue weighted by atomic mass is 32.2. The van der Waals surface area contributed by atoms with E-state index in [1.807, 2.05) is 43.3 Å². The summed E-state index contributed by atoms with van der Waals surface area (Å²) in [6.07, 6.45) is 6.68. The number of nitrogens with one attached hydrogen (secondary N) is 2. The van der Waals surface area contributed by atoms with E-state index < -0.39 is 0 Å². The minimum atomic E-state index is -0.134. The molecular formula is C20H21N5OS. The van der Waals surface area contributed by atoms with Crippen molar-refractivity contribution in [3.63, 3.8) is 0 Å². The standard InChI is InChI=1S/C20H21N5OS/c1-13-22-18(25-24-13)14-8-10-15(11-9-14)23-19(26)17-7-4-12-21-20(17)27-16-5-2-3-6-16/h4,7-12,16H,2-3,5-6H2,1H3,(H,23,26)(H,22,24,25). The summed E-state index contributed by atoms with van der Waals surface area (Å²) in [5, 5.41) is 11.3. The lowest BCUT2D eigenvalue weighted by Crippen LogP contribution is -2.14. The van der Waals surface area contributed by atoms with Gasteiger partial charge >= 0.3 is 0 Å². The summed E-state index contributed by atoms with van der Waals surface area (Å²) in [6.45, 7) is 1.86. The Bertz CT molecular complexity index is 932. The number of anilines is 1. The van der Waals surface area contributed by atoms with Gasteiger partial charge in [0.25, 0.3) is 5.91 Å². The topological polar surface area (TPSA) is 83.6 Å². The molecule has 1 saturated carbocycles. The molecule has 7 heteroatoms. The van der Waals surface area contributed by atoms with Crippen molar-refractivity contribution < 1.29 is 4.79 Å². The molecule has 1 fully saturated rings. The van der Waals surface area contributed by atoms with Crippen molar-refractivity contribution >= 4 is 23.4 Å². The van der Waals surface area contributed by atoms with Crippen molar-refractivity contribution in [1.29, 1.82) is 0 Å². The third-order valence-electron chi connectivity index (χ3n) is 4.59. The first-order valence-corrected chi connectivity index (χ1v) is 9.99. The molecule has 6 nitrogen and oxygen atoms in total. The molecule has 0 spiro atoms. The minimum absolute atomic E-state index is 0.134. The van der Waals surface area contributed by atoms with E-state index in [9.17, 15) is 4.79 Å². The molecule has 27 heavy (non-hydrogen) atoms. The van der Waals surface area contributed by atoms with E-state index in [2.05, 4.69) is 25.5 Å². The average Bonchev–Trinajstić information content (AvgIpc) is 3.34. The Hall–Kier alpha value is -2.67. The first-order chi connectivity index (χ1) is 13.2. The van der Waals surface area contributed by atoms with Crippen LogP contribution in [0.15, 0.2) is 47.6 Å². The molecule has 2 aromatic heterocycles. The maximum absolute atomic E-state index is 12.8. The zero-order valence-corrected chi connectivity index (χ0v) is 15.9. The summed E-state index contributed by atoms with van der Waals surface area (Å²) >= 11 is 1.73. The second-order valence-electron chi connectivity index (χ2n) is 6.66. The van der Waals surface area contributed by atoms with Gasteiger partial charge in [0.05, 0.1) is 5.56 Å². The second-order valence-corrected chi connectivity index (χ2v) is 7.95. The first-order valence-electron chi connectivity index (χ1n) is 9.11. The Balaban J connectivity index is 1.47. The fourth-order valence-corrected chi connectivity index (χ4v) is 4.49. The highest BCUT2D eigenvalue weighted by molar-refractivity contribution is 7.99. The Kier molecular flexibility index (Phi) is 5.20. The second kappa shape index (κ2) is 7.92. The van der Waals surface area contributed by atoms with Crippen LogP contribution in [0.5, 0.6) is 0 Å². The Morgan fingerprint density at radius 2 is 1.96 bits per heavy atom. The summed E-state index contributed by atoms with van der Waals surface area (Å²) in [4.78, 5) is 21.5. The van der Waals surface area contributed by atoms with Crippen LogP contribution in [0.3, 0.4) is 0 Å². The molecule has 0 bridgehead atoms. The fourth-order valence-electron chi connectivity index (χ4n) is 3.19. The number of amides is 1. The molecule has 1 aromatic carbocycles. The van der Waals surface area contributed by atoms with Gasteiger partial charge in [0.15, 0.2) is 5.82 Å². The third kappa shape index (κ3) is 4.19. The Morgan fingerprint density at radius 3 is 2.67 bits per heavy atom. The molecule has 2 heterocycles. The molecule has 138 valence electrons. The van der Waals surface area contributed by atoms with E-state index >= 15 is 0 Å². The molecule has 3 aromatic rings. The largest absolute Gasteiger partial charge is 0.322 e. The number of hydrogen-bond acceptors (Lipinski definition) is 5. The highest BCUT2D eigenvalue weighted by Crippen LogP contribution is 2.35. The van der Waals surface area contributed by atoms with E-state index in [-0.39, 0.29) is 5.91 Å². The average molecular weight is 379 g/mol. The lowest BCUT2D eigenvalue weighted by Gasteiger charge is -2.12. The number of thioether (sulfide) groups is 1. The predicted octanol–water partition coefficient (Wildman–Crippen LogP) is 4.46. The number of benzene rings is 1. The van der Waals surface area contributed by atoms with Crippen LogP contribution < -0.4 is 5.32 Å². The molecular weight excluding hydrogens is 358 g/mol. The number of carbonyl (C=O) groups is 1. The van der Waals surface area contributed by atoms with Gasteiger partial charge in [0.2, 0.25) is 0 Å². The monoisotopic (exact) mass is 379 g/mol. The Morgan fingerprint density at radius 1 is 1.19 bits per heavy atom. The highest BCUT2D eigenvalue weighted by Gasteiger charge is 2.20. The van der Waals surface area contributed by atoms with Crippen LogP contribution in [0.1, 0.15) is 41.9 Å². The minimum Gasteiger partial charge on any atom is -0.322 e. The van der Waals surface area contributed by atoms with Gasteiger partial charge in [-0.15, -0.1) is 11.8 Å². The van der Waals surface area contributed by atoms with Crippen LogP contribution in [0, 0.1) is 6.92 Å². The maximum atomic E-state index is 12.8. The van der Waals surface area contributed by atoms with E-state index in [1.165, 1.54) is 25.7 Å². The van der Waals surface area contributed by atoms with Gasteiger partial charge in [-0.2, -0.15) is 5.10 Å². The number of carbonyl (C=O) groups excluding carboxylic acids is 1. The van der Waals surface area contributed by atoms with E-state index in [4.69, 9.17) is 0 Å². The fraction of sp³-hybridized carbons (Fsp3) is 0.300. The number of hydrogen-bond donors (Lipinski definition) is 2. The number of aromatic nitrogens is 4. The smallest absolute Gasteiger partial charge is 0.258 e. The van der Waals surface area contributed by atoms with Crippen LogP contribution in [0.4, 0.5) is 5.69 Å². The number of H-pyrrole nitrogens is 1. The molecule has 4 rings (SSSR count). The van der Waals surface area contributed by atoms with Crippen molar-refractivity contribution in [3.05, 3.63) is 54.0 Å². The van der Waals surface area contributed by atoms with Crippen molar-refractivity contribution in [3.8, 4) is 11.4 Å². The zero-order chi connectivity index (χ0) is 18.6. The van der Waals surface area contributed by atoms with Gasteiger partial charge in [0.1, 0.15) is 10.9 Å². The maximum Gasteiger partial charge on any atom is 0.258 e. The van der Waals surface area contributed by atoms with Gasteiger partial charge in [0, 0.05) is 22.7 Å². The molecule has 1 aliphatic carbocycles. The quantitative estimate of drug-likeness (QED) is 0.684. The molecule has 0 atom stereocenters. The van der Waals surface area contributed by atoms with Crippen LogP contribution in [-0.2, 0) is 0 Å². The van der Waals surface area contributed by atoms with E-state index in [1.54, 1.807) is 18.0 Å². The van der Waals surface area contributed by atoms with Gasteiger partial charge < -0.3 is 5.32 Å². The number of rotatable bonds is 5. The van der Waals surface area contributed by atoms with Crippen molar-refractivity contribution in [2.45, 2.75) is 42.9 Å². The molecule has 1 amide bonds. The molecule has 0 radical (unpaired) electrons. The summed E-state index contributed by atoms with van der Waals surface area (Å²) in [6, 6.07) is 11.2. The van der Waals surface area contributed by atoms with Crippen LogP contribution in [0.25, 0.3) is 11.4 Å². The SMILES string of the molecule is Cc1nc(-c2ccc(NC(=O)c3cccnc3SC3CCCC3)cc2)n[nH]1. The van der Waals surface area contributed by atoms with Gasteiger partial charge in [-0.3, -0.25) is 9.89 Å². The van der Waals surface area contributed by atoms with Gasteiger partial charge in [-0.1, -0.05) is 12.8 Å². The third-order valence-corrected chi connectivity index (χ3v) is 5.95. The first kappa shape index (κ1) is 17.7. The van der Waals surface area contributed by atoms with E-state index in [0.717, 1.165) is 22.1 Å². The molecule has 0 aliphatic heterocycles. The van der Waals surface area contributed by atoms with Crippen LogP contribution >= 0.6 is 11.8 Å². The number of aryl methyl sites for hydroxylation is 1. The van der Waals surface area contributed by atoms with Crippen molar-refractivity contribution in [2.75, 3.05) is 5.32 Å². The van der Waals surface area contributed by atoms with Gasteiger partial charge in [-0.05, 0) is 56.2 Å². The van der Waals surface area contributed by atoms with E-state index in [0.29, 0.717) is 16.6 Å². The molecule has 0 saturated heterocycles.